The largest absolute Gasteiger partial charge is 0.544 e. The molecule has 0 aliphatic carbocycles. The molecular formula is C14H21NO3. The highest BCUT2D eigenvalue weighted by Crippen LogP contribution is 2.33. The van der Waals surface area contributed by atoms with Gasteiger partial charge >= 0.3 is 0 Å². The zero-order valence-corrected chi connectivity index (χ0v) is 11.4. The molecule has 2 atom stereocenters. The molecule has 0 heterocycles. The number of aliphatic carboxylic acids is 1. The van der Waals surface area contributed by atoms with Gasteiger partial charge < -0.3 is 20.7 Å². The number of aryl methyl sites for hydroxylation is 2. The summed E-state index contributed by atoms with van der Waals surface area (Å²) >= 11 is 0. The lowest BCUT2D eigenvalue weighted by Gasteiger charge is -2.28. The van der Waals surface area contributed by atoms with Gasteiger partial charge in [0.2, 0.25) is 0 Å². The molecule has 0 amide bonds. The molecule has 100 valence electrons. The van der Waals surface area contributed by atoms with Gasteiger partial charge in [-0.2, -0.15) is 0 Å². The summed E-state index contributed by atoms with van der Waals surface area (Å²) in [6, 6.07) is 2.51. The van der Waals surface area contributed by atoms with Gasteiger partial charge in [0.1, 0.15) is 11.8 Å². The van der Waals surface area contributed by atoms with Gasteiger partial charge in [-0.3, -0.25) is 0 Å². The van der Waals surface area contributed by atoms with Crippen LogP contribution in [0.4, 0.5) is 0 Å². The van der Waals surface area contributed by atoms with E-state index in [0.29, 0.717) is 0 Å². The Morgan fingerprint density at radius 2 is 1.72 bits per heavy atom. The van der Waals surface area contributed by atoms with E-state index in [4.69, 9.17) is 0 Å². The first-order valence-electron chi connectivity index (χ1n) is 6.09. The maximum atomic E-state index is 11.1. The number of carboxylic acids is 1. The van der Waals surface area contributed by atoms with Gasteiger partial charge in [-0.25, -0.2) is 0 Å². The van der Waals surface area contributed by atoms with Gasteiger partial charge in [0.25, 0.3) is 0 Å². The van der Waals surface area contributed by atoms with Gasteiger partial charge in [0, 0.05) is 5.92 Å². The Bertz CT molecular complexity index is 431. The van der Waals surface area contributed by atoms with Crippen molar-refractivity contribution in [2.75, 3.05) is 0 Å². The quantitative estimate of drug-likeness (QED) is 0.796. The van der Waals surface area contributed by atoms with Gasteiger partial charge in [-0.15, -0.1) is 0 Å². The van der Waals surface area contributed by atoms with Gasteiger partial charge in [-0.1, -0.05) is 13.8 Å². The molecule has 0 unspecified atom stereocenters. The summed E-state index contributed by atoms with van der Waals surface area (Å²) in [4.78, 5) is 11.1. The number of aromatic hydroxyl groups is 1. The molecule has 0 fully saturated rings. The van der Waals surface area contributed by atoms with Gasteiger partial charge in [0.05, 0.1) is 5.97 Å². The lowest BCUT2D eigenvalue weighted by Crippen LogP contribution is -2.71. The molecule has 0 spiro atoms. The van der Waals surface area contributed by atoms with Gasteiger partial charge in [0.15, 0.2) is 0 Å². The van der Waals surface area contributed by atoms with Crippen LogP contribution in [0.1, 0.15) is 36.5 Å². The van der Waals surface area contributed by atoms with Crippen molar-refractivity contribution in [3.05, 3.63) is 28.8 Å². The molecule has 4 nitrogen and oxygen atoms in total. The Labute approximate surface area is 107 Å². The second-order valence-electron chi connectivity index (χ2n) is 5.19. The normalized spacial score (nSPS) is 14.6. The Hall–Kier alpha value is -1.55. The van der Waals surface area contributed by atoms with Crippen molar-refractivity contribution in [3.63, 3.8) is 0 Å². The van der Waals surface area contributed by atoms with E-state index < -0.39 is 12.0 Å². The fraction of sp³-hybridized carbons (Fsp3) is 0.500. The molecular weight excluding hydrogens is 230 g/mol. The maximum absolute atomic E-state index is 11.1. The van der Waals surface area contributed by atoms with Crippen LogP contribution in [0.2, 0.25) is 0 Å². The minimum Gasteiger partial charge on any atom is -0.544 e. The summed E-state index contributed by atoms with van der Waals surface area (Å²) in [5.74, 6) is -1.02. The number of phenols is 1. The average molecular weight is 251 g/mol. The molecule has 0 aliphatic heterocycles. The van der Waals surface area contributed by atoms with Crippen LogP contribution in [0.3, 0.4) is 0 Å². The second kappa shape index (κ2) is 5.40. The minimum absolute atomic E-state index is 0.132. The number of carbonyl (C=O) groups is 1. The molecule has 0 saturated heterocycles. The van der Waals surface area contributed by atoms with Crippen molar-refractivity contribution >= 4 is 5.97 Å². The number of hydrogen-bond acceptors (Lipinski definition) is 3. The lowest BCUT2D eigenvalue weighted by atomic mass is 9.78. The zero-order valence-electron chi connectivity index (χ0n) is 11.4. The van der Waals surface area contributed by atoms with Crippen molar-refractivity contribution < 1.29 is 20.7 Å². The van der Waals surface area contributed by atoms with Crippen LogP contribution in [-0.2, 0) is 4.79 Å². The number of benzene rings is 1. The van der Waals surface area contributed by atoms with Crippen LogP contribution in [0.25, 0.3) is 0 Å². The number of carboxylic acid groups (broad SMARTS) is 1. The molecule has 0 aromatic heterocycles. The van der Waals surface area contributed by atoms with E-state index in [1.807, 2.05) is 27.7 Å². The number of phenolic OH excluding ortho intramolecular Hbond substituents is 1. The summed E-state index contributed by atoms with van der Waals surface area (Å²) < 4.78 is 0. The maximum Gasteiger partial charge on any atom is 0.132 e. The van der Waals surface area contributed by atoms with E-state index in [-0.39, 0.29) is 17.6 Å². The van der Waals surface area contributed by atoms with Crippen molar-refractivity contribution in [2.45, 2.75) is 39.7 Å². The SMILES string of the molecule is Cc1cc(O)cc(C)c1[C@@H](C(C)C)[C@H]([NH3+])C(=O)[O-]. The van der Waals surface area contributed by atoms with Crippen molar-refractivity contribution in [2.24, 2.45) is 5.92 Å². The minimum atomic E-state index is -1.14. The van der Waals surface area contributed by atoms with Crippen LogP contribution in [0.5, 0.6) is 5.75 Å². The van der Waals surface area contributed by atoms with Crippen LogP contribution in [-0.4, -0.2) is 17.1 Å². The van der Waals surface area contributed by atoms with E-state index in [0.717, 1.165) is 16.7 Å². The van der Waals surface area contributed by atoms with E-state index >= 15 is 0 Å². The van der Waals surface area contributed by atoms with Crippen molar-refractivity contribution in [1.82, 2.24) is 0 Å². The van der Waals surface area contributed by atoms with E-state index in [2.05, 4.69) is 5.73 Å². The third kappa shape index (κ3) is 2.82. The van der Waals surface area contributed by atoms with Crippen molar-refractivity contribution in [1.29, 1.82) is 0 Å². The topological polar surface area (TPSA) is 88.0 Å². The summed E-state index contributed by atoms with van der Waals surface area (Å²) in [6.45, 7) is 7.69. The highest BCUT2D eigenvalue weighted by atomic mass is 16.4. The lowest BCUT2D eigenvalue weighted by molar-refractivity contribution is -0.444. The van der Waals surface area contributed by atoms with Crippen LogP contribution < -0.4 is 10.8 Å². The average Bonchev–Trinajstić information content (AvgIpc) is 2.21. The number of hydrogen-bond donors (Lipinski definition) is 2. The first kappa shape index (κ1) is 14.5. The third-order valence-electron chi connectivity index (χ3n) is 3.37. The molecule has 0 aliphatic rings. The smallest absolute Gasteiger partial charge is 0.132 e. The molecule has 1 aromatic rings. The fourth-order valence-corrected chi connectivity index (χ4v) is 2.62. The molecule has 18 heavy (non-hydrogen) atoms. The van der Waals surface area contributed by atoms with Crippen molar-refractivity contribution in [3.8, 4) is 5.75 Å². The molecule has 4 heteroatoms. The molecule has 0 bridgehead atoms. The number of quaternary nitrogens is 1. The second-order valence-corrected chi connectivity index (χ2v) is 5.19. The number of carbonyl (C=O) groups excluding carboxylic acids is 1. The number of rotatable bonds is 4. The Kier molecular flexibility index (Phi) is 4.35. The summed E-state index contributed by atoms with van der Waals surface area (Å²) in [5, 5.41) is 20.6. The van der Waals surface area contributed by atoms with Gasteiger partial charge in [-0.05, 0) is 48.6 Å². The Morgan fingerprint density at radius 3 is 2.06 bits per heavy atom. The molecule has 0 saturated carbocycles. The zero-order chi connectivity index (χ0) is 14.0. The van der Waals surface area contributed by atoms with E-state index in [1.165, 1.54) is 0 Å². The third-order valence-corrected chi connectivity index (χ3v) is 3.37. The van der Waals surface area contributed by atoms with Crippen LogP contribution >= 0.6 is 0 Å². The Balaban J connectivity index is 3.35. The monoisotopic (exact) mass is 251 g/mol. The molecule has 0 radical (unpaired) electrons. The summed E-state index contributed by atoms with van der Waals surface area (Å²) in [7, 11) is 0. The predicted octanol–water partition coefficient (Wildman–Crippen LogP) is 0.109. The first-order valence-corrected chi connectivity index (χ1v) is 6.09. The van der Waals surface area contributed by atoms with E-state index in [9.17, 15) is 15.0 Å². The standard InChI is InChI=1S/C14H21NO3/c1-7(2)11(13(15)14(17)18)12-8(3)5-10(16)6-9(12)4/h5-7,11,13,16H,15H2,1-4H3,(H,17,18)/t11-,13+/m1/s1. The van der Waals surface area contributed by atoms with Crippen LogP contribution in [0, 0.1) is 19.8 Å². The van der Waals surface area contributed by atoms with Crippen LogP contribution in [0.15, 0.2) is 12.1 Å². The highest BCUT2D eigenvalue weighted by molar-refractivity contribution is 5.71. The molecule has 4 N–H and O–H groups in total. The Morgan fingerprint density at radius 1 is 1.28 bits per heavy atom. The summed E-state index contributed by atoms with van der Waals surface area (Å²) in [6.07, 6.45) is 0. The molecule has 1 aromatic carbocycles. The first-order chi connectivity index (χ1) is 8.25. The fourth-order valence-electron chi connectivity index (χ4n) is 2.62. The molecule has 1 rings (SSSR count). The highest BCUT2D eigenvalue weighted by Gasteiger charge is 2.29. The predicted molar refractivity (Wildman–Crippen MR) is 66.8 cm³/mol. The van der Waals surface area contributed by atoms with E-state index in [1.54, 1.807) is 12.1 Å². The summed E-state index contributed by atoms with van der Waals surface area (Å²) in [5.41, 5.74) is 6.45.